The zero-order chi connectivity index (χ0) is 6.24. The number of hydrogen-bond donors (Lipinski definition) is 2. The third-order valence-corrected chi connectivity index (χ3v) is 2.07. The molecule has 0 aromatic heterocycles. The Morgan fingerprint density at radius 2 is 1.88 bits per heavy atom. The Hall–Kier alpha value is 0.137. The van der Waals surface area contributed by atoms with Crippen molar-refractivity contribution < 1.29 is 0 Å². The SMILES string of the molecule is NCCCCC[SiH2]N. The summed E-state index contributed by atoms with van der Waals surface area (Å²) in [7, 11) is -0.155. The number of hydrogen-bond acceptors (Lipinski definition) is 2. The molecule has 0 aromatic rings. The largest absolute Gasteiger partial charge is 0.356 e. The molecule has 0 amide bonds. The average molecular weight is 132 g/mol. The molecule has 0 aliphatic carbocycles. The van der Waals surface area contributed by atoms with Gasteiger partial charge in [-0.1, -0.05) is 18.9 Å². The molecule has 0 bridgehead atoms. The molecule has 3 heteroatoms. The van der Waals surface area contributed by atoms with Gasteiger partial charge in [0.15, 0.2) is 0 Å². The first kappa shape index (κ1) is 8.14. The molecule has 0 spiro atoms. The van der Waals surface area contributed by atoms with E-state index in [0.717, 1.165) is 6.54 Å². The van der Waals surface area contributed by atoms with Gasteiger partial charge in [0.05, 0.1) is 9.68 Å². The second-order valence-corrected chi connectivity index (χ2v) is 3.28. The van der Waals surface area contributed by atoms with Crippen LogP contribution in [0.1, 0.15) is 19.3 Å². The highest BCUT2D eigenvalue weighted by molar-refractivity contribution is 6.30. The van der Waals surface area contributed by atoms with Crippen molar-refractivity contribution in [3.8, 4) is 0 Å². The topological polar surface area (TPSA) is 52.0 Å². The first-order valence-electron chi connectivity index (χ1n) is 3.32. The van der Waals surface area contributed by atoms with Gasteiger partial charge >= 0.3 is 0 Å². The smallest absolute Gasteiger partial charge is 0.0887 e. The van der Waals surface area contributed by atoms with E-state index >= 15 is 0 Å². The van der Waals surface area contributed by atoms with E-state index in [0.29, 0.717) is 0 Å². The van der Waals surface area contributed by atoms with Crippen LogP contribution in [0.4, 0.5) is 0 Å². The summed E-state index contributed by atoms with van der Waals surface area (Å²) in [6, 6.07) is 1.29. The standard InChI is InChI=1S/C5H16N2Si/c6-4-2-1-3-5-8-7/h1-8H2. The maximum atomic E-state index is 5.42. The molecule has 4 N–H and O–H groups in total. The minimum Gasteiger partial charge on any atom is -0.356 e. The lowest BCUT2D eigenvalue weighted by Gasteiger charge is -1.93. The second kappa shape index (κ2) is 7.14. The molecular weight excluding hydrogens is 116 g/mol. The Kier molecular flexibility index (Phi) is 7.26. The third-order valence-electron chi connectivity index (χ3n) is 1.16. The lowest BCUT2D eigenvalue weighted by Crippen LogP contribution is -2.03. The lowest BCUT2D eigenvalue weighted by molar-refractivity contribution is 0.725. The zero-order valence-corrected chi connectivity index (χ0v) is 6.81. The highest BCUT2D eigenvalue weighted by Gasteiger charge is 1.84. The van der Waals surface area contributed by atoms with Crippen molar-refractivity contribution in [1.29, 1.82) is 0 Å². The fourth-order valence-electron chi connectivity index (χ4n) is 0.642. The van der Waals surface area contributed by atoms with Gasteiger partial charge in [0.2, 0.25) is 0 Å². The van der Waals surface area contributed by atoms with Crippen molar-refractivity contribution >= 4 is 9.68 Å². The summed E-state index contributed by atoms with van der Waals surface area (Å²) in [5, 5.41) is 5.42. The van der Waals surface area contributed by atoms with Crippen LogP contribution in [0.5, 0.6) is 0 Å². The van der Waals surface area contributed by atoms with Crippen LogP contribution in [0.2, 0.25) is 6.04 Å². The van der Waals surface area contributed by atoms with E-state index in [1.165, 1.54) is 25.3 Å². The zero-order valence-electron chi connectivity index (χ0n) is 5.40. The molecule has 0 rings (SSSR count). The molecule has 50 valence electrons. The van der Waals surface area contributed by atoms with Gasteiger partial charge in [0.25, 0.3) is 0 Å². The summed E-state index contributed by atoms with van der Waals surface area (Å²) in [5.41, 5.74) is 5.29. The van der Waals surface area contributed by atoms with Crippen LogP contribution in [0, 0.1) is 0 Å². The summed E-state index contributed by atoms with van der Waals surface area (Å²) >= 11 is 0. The Bertz CT molecular complexity index is 35.4. The molecule has 0 unspecified atom stereocenters. The fourth-order valence-corrected chi connectivity index (χ4v) is 1.28. The predicted octanol–water partition coefficient (Wildman–Crippen LogP) is -0.424. The van der Waals surface area contributed by atoms with Crippen molar-refractivity contribution in [3.63, 3.8) is 0 Å². The summed E-state index contributed by atoms with van der Waals surface area (Å²) in [4.78, 5) is 0. The summed E-state index contributed by atoms with van der Waals surface area (Å²) in [6.07, 6.45) is 3.76. The molecule has 8 heavy (non-hydrogen) atoms. The van der Waals surface area contributed by atoms with E-state index in [4.69, 9.17) is 11.1 Å². The van der Waals surface area contributed by atoms with Gasteiger partial charge < -0.3 is 11.1 Å². The normalized spacial score (nSPS) is 11.2. The van der Waals surface area contributed by atoms with E-state index in [-0.39, 0.29) is 9.68 Å². The quantitative estimate of drug-likeness (QED) is 0.394. The van der Waals surface area contributed by atoms with E-state index in [9.17, 15) is 0 Å². The molecule has 0 aromatic carbocycles. The molecule has 0 atom stereocenters. The van der Waals surface area contributed by atoms with Crippen molar-refractivity contribution in [2.45, 2.75) is 25.3 Å². The second-order valence-electron chi connectivity index (χ2n) is 1.99. The minimum atomic E-state index is -0.155. The van der Waals surface area contributed by atoms with Gasteiger partial charge in [-0.25, -0.2) is 0 Å². The molecule has 0 aliphatic rings. The monoisotopic (exact) mass is 132 g/mol. The van der Waals surface area contributed by atoms with E-state index in [1.807, 2.05) is 0 Å². The minimum absolute atomic E-state index is 0.155. The van der Waals surface area contributed by atoms with Gasteiger partial charge in [-0.2, -0.15) is 0 Å². The third kappa shape index (κ3) is 6.14. The van der Waals surface area contributed by atoms with Gasteiger partial charge in [-0.15, -0.1) is 0 Å². The van der Waals surface area contributed by atoms with Crippen LogP contribution in [-0.2, 0) is 0 Å². The Morgan fingerprint density at radius 3 is 2.38 bits per heavy atom. The predicted molar refractivity (Wildman–Crippen MR) is 40.4 cm³/mol. The van der Waals surface area contributed by atoms with Gasteiger partial charge in [-0.3, -0.25) is 0 Å². The molecule has 0 saturated carbocycles. The molecule has 0 radical (unpaired) electrons. The maximum absolute atomic E-state index is 5.42. The first-order valence-corrected chi connectivity index (χ1v) is 5.13. The van der Waals surface area contributed by atoms with Crippen LogP contribution in [0.3, 0.4) is 0 Å². The van der Waals surface area contributed by atoms with E-state index in [2.05, 4.69) is 0 Å². The van der Waals surface area contributed by atoms with Crippen molar-refractivity contribution in [2.75, 3.05) is 6.54 Å². The lowest BCUT2D eigenvalue weighted by atomic mass is 10.2. The van der Waals surface area contributed by atoms with Crippen LogP contribution in [0.15, 0.2) is 0 Å². The number of rotatable bonds is 5. The average Bonchev–Trinajstić information content (AvgIpc) is 1.81. The molecular formula is C5H16N2Si. The highest BCUT2D eigenvalue weighted by Crippen LogP contribution is 1.95. The summed E-state index contributed by atoms with van der Waals surface area (Å²) in [6.45, 7) is 0.839. The molecule has 0 aliphatic heterocycles. The van der Waals surface area contributed by atoms with Gasteiger partial charge in [-0.05, 0) is 13.0 Å². The summed E-state index contributed by atoms with van der Waals surface area (Å²) < 4.78 is 0. The molecule has 0 saturated heterocycles. The summed E-state index contributed by atoms with van der Waals surface area (Å²) in [5.74, 6) is 0. The van der Waals surface area contributed by atoms with Crippen molar-refractivity contribution in [2.24, 2.45) is 11.1 Å². The number of unbranched alkanes of at least 4 members (excludes halogenated alkanes) is 2. The molecule has 0 heterocycles. The van der Waals surface area contributed by atoms with Crippen molar-refractivity contribution in [3.05, 3.63) is 0 Å². The van der Waals surface area contributed by atoms with E-state index in [1.54, 1.807) is 0 Å². The van der Waals surface area contributed by atoms with Crippen LogP contribution < -0.4 is 11.1 Å². The Labute approximate surface area is 53.5 Å². The molecule has 2 nitrogen and oxygen atoms in total. The van der Waals surface area contributed by atoms with Crippen LogP contribution >= 0.6 is 0 Å². The fraction of sp³-hybridized carbons (Fsp3) is 1.00. The van der Waals surface area contributed by atoms with Crippen LogP contribution in [-0.4, -0.2) is 16.2 Å². The highest BCUT2D eigenvalue weighted by atomic mass is 28.2. The number of nitrogens with two attached hydrogens (primary N) is 2. The molecule has 0 fully saturated rings. The van der Waals surface area contributed by atoms with Crippen molar-refractivity contribution in [1.82, 2.24) is 0 Å². The van der Waals surface area contributed by atoms with Gasteiger partial charge in [0, 0.05) is 0 Å². The van der Waals surface area contributed by atoms with E-state index < -0.39 is 0 Å². The van der Waals surface area contributed by atoms with Gasteiger partial charge in [0.1, 0.15) is 0 Å². The Balaban J connectivity index is 2.53. The maximum Gasteiger partial charge on any atom is 0.0887 e. The Morgan fingerprint density at radius 1 is 1.12 bits per heavy atom. The first-order chi connectivity index (χ1) is 3.91. The van der Waals surface area contributed by atoms with Crippen LogP contribution in [0.25, 0.3) is 0 Å².